The van der Waals surface area contributed by atoms with Gasteiger partial charge in [0.2, 0.25) is 10.0 Å². The average Bonchev–Trinajstić information content (AvgIpc) is 3.35. The van der Waals surface area contributed by atoms with E-state index in [-0.39, 0.29) is 28.7 Å². The molecule has 15 heteroatoms. The van der Waals surface area contributed by atoms with Crippen LogP contribution in [-0.4, -0.2) is 62.9 Å². The molecule has 0 fully saturated rings. The number of benzene rings is 1. The van der Waals surface area contributed by atoms with Crippen LogP contribution in [0.3, 0.4) is 0 Å². The van der Waals surface area contributed by atoms with E-state index < -0.39 is 38.6 Å². The Bertz CT molecular complexity index is 1500. The van der Waals surface area contributed by atoms with E-state index in [0.29, 0.717) is 11.3 Å². The molecular formula is C25H31N7O7S. The highest BCUT2D eigenvalue weighted by Crippen LogP contribution is 2.26. The predicted molar refractivity (Wildman–Crippen MR) is 143 cm³/mol. The third kappa shape index (κ3) is 7.24. The van der Waals surface area contributed by atoms with Crippen LogP contribution in [-0.2, 0) is 26.1 Å². The molecule has 1 atom stereocenters. The van der Waals surface area contributed by atoms with Gasteiger partial charge in [0, 0.05) is 23.9 Å². The molecule has 0 spiro atoms. The van der Waals surface area contributed by atoms with Crippen LogP contribution < -0.4 is 4.72 Å². The number of carbonyl (C=O) groups excluding carboxylic acids is 2. The number of amides is 2. The van der Waals surface area contributed by atoms with Gasteiger partial charge in [-0.15, -0.1) is 5.10 Å². The molecule has 0 saturated heterocycles. The van der Waals surface area contributed by atoms with Crippen LogP contribution in [0.2, 0.25) is 0 Å². The summed E-state index contributed by atoms with van der Waals surface area (Å²) in [7, 11) is -2.31. The maximum absolute atomic E-state index is 13.9. The number of pyridine rings is 1. The van der Waals surface area contributed by atoms with E-state index in [4.69, 9.17) is 4.74 Å². The second kappa shape index (κ2) is 11.9. The van der Waals surface area contributed by atoms with Crippen LogP contribution in [0.1, 0.15) is 46.4 Å². The molecule has 1 N–H and O–H groups in total. The number of rotatable bonds is 9. The Hall–Kier alpha value is -4.24. The van der Waals surface area contributed by atoms with Gasteiger partial charge in [-0.1, -0.05) is 31.2 Å². The number of nitro groups is 1. The van der Waals surface area contributed by atoms with Crippen molar-refractivity contribution >= 4 is 27.7 Å². The molecule has 0 unspecified atom stereocenters. The number of ether oxygens (including phenoxy) is 1. The van der Waals surface area contributed by atoms with Crippen molar-refractivity contribution in [2.24, 2.45) is 5.92 Å². The average molecular weight is 574 g/mol. The number of imide groups is 1. The molecule has 214 valence electrons. The number of hydrogen-bond donors (Lipinski definition) is 1. The first kappa shape index (κ1) is 30.3. The smallest absolute Gasteiger partial charge is 0.417 e. The van der Waals surface area contributed by atoms with E-state index in [0.717, 1.165) is 4.90 Å². The molecule has 40 heavy (non-hydrogen) atoms. The maximum atomic E-state index is 13.9. The Morgan fingerprint density at radius 2 is 1.82 bits per heavy atom. The van der Waals surface area contributed by atoms with Crippen LogP contribution >= 0.6 is 0 Å². The van der Waals surface area contributed by atoms with Crippen LogP contribution in [0.25, 0.3) is 11.3 Å². The van der Waals surface area contributed by atoms with Crippen molar-refractivity contribution in [2.45, 2.75) is 57.7 Å². The summed E-state index contributed by atoms with van der Waals surface area (Å²) in [5.74, 6) is -1.04. The molecule has 3 rings (SSSR count). The minimum Gasteiger partial charge on any atom is -0.443 e. The lowest BCUT2D eigenvalue weighted by atomic mass is 10.0. The van der Waals surface area contributed by atoms with E-state index >= 15 is 0 Å². The summed E-state index contributed by atoms with van der Waals surface area (Å²) in [6, 6.07) is 7.34. The van der Waals surface area contributed by atoms with Gasteiger partial charge < -0.3 is 4.74 Å². The summed E-state index contributed by atoms with van der Waals surface area (Å²) in [5.41, 5.74) is -0.118. The molecule has 14 nitrogen and oxygen atoms in total. The Balaban J connectivity index is 1.97. The minimum atomic E-state index is -3.62. The van der Waals surface area contributed by atoms with Crippen molar-refractivity contribution in [1.29, 1.82) is 0 Å². The summed E-state index contributed by atoms with van der Waals surface area (Å²) in [6.07, 6.45) is 1.79. The van der Waals surface area contributed by atoms with E-state index in [1.165, 1.54) is 48.4 Å². The normalized spacial score (nSPS) is 12.7. The van der Waals surface area contributed by atoms with Gasteiger partial charge in [-0.2, -0.15) is 0 Å². The lowest BCUT2D eigenvalue weighted by Gasteiger charge is -2.29. The van der Waals surface area contributed by atoms with Gasteiger partial charge in [0.15, 0.2) is 0 Å². The Kier molecular flexibility index (Phi) is 9.00. The number of aromatic nitrogens is 4. The third-order valence-corrected chi connectivity index (χ3v) is 7.05. The van der Waals surface area contributed by atoms with Crippen LogP contribution in [0.15, 0.2) is 53.7 Å². The minimum absolute atomic E-state index is 0.0733. The van der Waals surface area contributed by atoms with Gasteiger partial charge in [-0.05, 0) is 45.9 Å². The van der Waals surface area contributed by atoms with Crippen molar-refractivity contribution in [3.8, 4) is 11.3 Å². The molecule has 0 saturated carbocycles. The Morgan fingerprint density at radius 3 is 2.38 bits per heavy atom. The largest absolute Gasteiger partial charge is 0.443 e. The second-order valence-corrected chi connectivity index (χ2v) is 12.1. The zero-order valence-electron chi connectivity index (χ0n) is 22.9. The number of nitrogens with one attached hydrogen (secondary N) is 1. The zero-order valence-corrected chi connectivity index (χ0v) is 23.7. The summed E-state index contributed by atoms with van der Waals surface area (Å²) < 4.78 is 33.1. The number of nitrogens with zero attached hydrogens (tertiary/aromatic N) is 6. The van der Waals surface area contributed by atoms with Crippen molar-refractivity contribution in [3.05, 3.63) is 64.6 Å². The second-order valence-electron chi connectivity index (χ2n) is 10.2. The van der Waals surface area contributed by atoms with Crippen LogP contribution in [0.5, 0.6) is 0 Å². The summed E-state index contributed by atoms with van der Waals surface area (Å²) >= 11 is 0. The van der Waals surface area contributed by atoms with Gasteiger partial charge >= 0.3 is 6.09 Å². The van der Waals surface area contributed by atoms with Gasteiger partial charge in [0.1, 0.15) is 17.3 Å². The van der Waals surface area contributed by atoms with Gasteiger partial charge in [-0.3, -0.25) is 19.9 Å². The molecule has 3 aromatic rings. The molecular weight excluding hydrogens is 542 g/mol. The molecule has 0 aliphatic rings. The zero-order chi connectivity index (χ0) is 29.8. The summed E-state index contributed by atoms with van der Waals surface area (Å²) in [6.45, 7) is 8.10. The van der Waals surface area contributed by atoms with E-state index in [1.807, 2.05) is 0 Å². The first-order valence-corrected chi connectivity index (χ1v) is 13.7. The number of carbonyl (C=O) groups is 2. The molecule has 2 aromatic heterocycles. The molecule has 2 amide bonds. The predicted octanol–water partition coefficient (Wildman–Crippen LogP) is 3.32. The van der Waals surface area contributed by atoms with E-state index in [1.54, 1.807) is 46.8 Å². The third-order valence-electron chi connectivity index (χ3n) is 5.62. The van der Waals surface area contributed by atoms with E-state index in [9.17, 15) is 28.1 Å². The van der Waals surface area contributed by atoms with Crippen molar-refractivity contribution < 1.29 is 27.7 Å². The topological polar surface area (TPSA) is 180 Å². The van der Waals surface area contributed by atoms with Crippen molar-refractivity contribution in [1.82, 2.24) is 29.6 Å². The maximum Gasteiger partial charge on any atom is 0.417 e. The quantitative estimate of drug-likeness (QED) is 0.295. The first-order chi connectivity index (χ1) is 18.6. The fourth-order valence-corrected chi connectivity index (χ4v) is 4.44. The van der Waals surface area contributed by atoms with Gasteiger partial charge in [0.05, 0.1) is 28.3 Å². The highest BCUT2D eigenvalue weighted by molar-refractivity contribution is 7.89. The monoisotopic (exact) mass is 573 g/mol. The molecule has 0 radical (unpaired) electrons. The van der Waals surface area contributed by atoms with Gasteiger partial charge in [0.25, 0.3) is 11.6 Å². The van der Waals surface area contributed by atoms with E-state index in [2.05, 4.69) is 20.0 Å². The lowest BCUT2D eigenvalue weighted by Crippen LogP contribution is -2.45. The summed E-state index contributed by atoms with van der Waals surface area (Å²) in [4.78, 5) is 42.7. The number of sulfonamides is 1. The molecule has 0 aliphatic carbocycles. The van der Waals surface area contributed by atoms with Crippen molar-refractivity contribution in [3.63, 3.8) is 0 Å². The van der Waals surface area contributed by atoms with Crippen LogP contribution in [0.4, 0.5) is 10.5 Å². The molecule has 2 heterocycles. The van der Waals surface area contributed by atoms with Gasteiger partial charge in [-0.25, -0.2) is 27.5 Å². The SMILES string of the molecule is CNS(=O)(=O)c1ccc(-c2cn([C@H](C(=O)N(Cc3cc([N+](=O)[O-])ccn3)C(=O)OC(C)(C)C)C(C)C)nn2)cc1. The Morgan fingerprint density at radius 1 is 1.18 bits per heavy atom. The fraction of sp³-hybridized carbons (Fsp3) is 0.400. The Labute approximate surface area is 231 Å². The molecule has 1 aromatic carbocycles. The molecule has 0 aliphatic heterocycles. The standard InChI is InChI=1S/C25H31N7O7S/c1-16(2)22(31-15-21(28-29-31)17-7-9-20(10-8-17)40(37,38)26-6)23(33)30(24(34)39-25(3,4)5)14-18-13-19(32(35)36)11-12-27-18/h7-13,15-16,22,26H,14H2,1-6H3/t22-/m0/s1. The number of hydrogen-bond acceptors (Lipinski definition) is 10. The first-order valence-electron chi connectivity index (χ1n) is 12.2. The van der Waals surface area contributed by atoms with Crippen LogP contribution in [0, 0.1) is 16.0 Å². The highest BCUT2D eigenvalue weighted by Gasteiger charge is 2.36. The fourth-order valence-electron chi connectivity index (χ4n) is 3.71. The van der Waals surface area contributed by atoms with Crippen molar-refractivity contribution in [2.75, 3.05) is 7.05 Å². The molecule has 0 bridgehead atoms. The lowest BCUT2D eigenvalue weighted by molar-refractivity contribution is -0.385. The highest BCUT2D eigenvalue weighted by atomic mass is 32.2. The summed E-state index contributed by atoms with van der Waals surface area (Å²) in [5, 5.41) is 19.5.